The highest BCUT2D eigenvalue weighted by Crippen LogP contribution is 2.21. The first-order chi connectivity index (χ1) is 14.7. The minimum Gasteiger partial charge on any atom is -0.375 e. The third-order valence-corrected chi connectivity index (χ3v) is 5.71. The van der Waals surface area contributed by atoms with E-state index in [-0.39, 0.29) is 41.7 Å². The molecule has 4 rings (SSSR count). The van der Waals surface area contributed by atoms with Crippen molar-refractivity contribution in [3.8, 4) is 0 Å². The summed E-state index contributed by atoms with van der Waals surface area (Å²) < 4.78 is 13.5. The lowest BCUT2D eigenvalue weighted by molar-refractivity contribution is -0.0817. The number of aliphatic imine (C=N–C) groups is 1. The molecule has 2 aliphatic heterocycles. The van der Waals surface area contributed by atoms with Gasteiger partial charge in [0.1, 0.15) is 6.10 Å². The Hall–Kier alpha value is -1.91. The monoisotopic (exact) mass is 538 g/mol. The molecule has 2 saturated heterocycles. The lowest BCUT2D eigenvalue weighted by atomic mass is 10.1. The Morgan fingerprint density at radius 3 is 2.58 bits per heavy atom. The highest BCUT2D eigenvalue weighted by molar-refractivity contribution is 14.0. The van der Waals surface area contributed by atoms with E-state index in [0.29, 0.717) is 19.7 Å². The predicted octanol–water partition coefficient (Wildman–Crippen LogP) is 2.47. The van der Waals surface area contributed by atoms with Crippen LogP contribution < -0.4 is 10.9 Å². The third-order valence-electron chi connectivity index (χ3n) is 5.71. The molecule has 2 aliphatic rings. The molecular formula is C23H31IN4O3. The van der Waals surface area contributed by atoms with Crippen molar-refractivity contribution in [2.45, 2.75) is 38.1 Å². The second-order valence-corrected chi connectivity index (χ2v) is 7.79. The number of nitrogens with one attached hydrogen (secondary N) is 1. The fraction of sp³-hybridized carbons (Fsp3) is 0.478. The average molecular weight is 538 g/mol. The Balaban J connectivity index is 0.00000272. The Morgan fingerprint density at radius 2 is 1.87 bits per heavy atom. The van der Waals surface area contributed by atoms with Gasteiger partial charge in [-0.1, -0.05) is 30.3 Å². The van der Waals surface area contributed by atoms with Crippen molar-refractivity contribution < 1.29 is 9.47 Å². The number of benzene rings is 1. The summed E-state index contributed by atoms with van der Waals surface area (Å²) in [7, 11) is 1.82. The van der Waals surface area contributed by atoms with Gasteiger partial charge >= 0.3 is 0 Å². The van der Waals surface area contributed by atoms with Crippen molar-refractivity contribution >= 4 is 29.9 Å². The molecule has 0 saturated carbocycles. The maximum Gasteiger partial charge on any atom is 0.250 e. The molecule has 2 unspecified atom stereocenters. The molecule has 0 amide bonds. The molecule has 1 aromatic carbocycles. The van der Waals surface area contributed by atoms with Crippen molar-refractivity contribution in [2.24, 2.45) is 4.99 Å². The highest BCUT2D eigenvalue weighted by atomic mass is 127. The Labute approximate surface area is 200 Å². The van der Waals surface area contributed by atoms with Gasteiger partial charge in [0.2, 0.25) is 0 Å². The number of morpholine rings is 1. The van der Waals surface area contributed by atoms with E-state index in [0.717, 1.165) is 44.1 Å². The Bertz CT molecular complexity index is 910. The number of rotatable bonds is 5. The summed E-state index contributed by atoms with van der Waals surface area (Å²) in [6.07, 6.45) is 4.32. The van der Waals surface area contributed by atoms with Crippen LogP contribution in [-0.2, 0) is 22.6 Å². The zero-order chi connectivity index (χ0) is 20.8. The van der Waals surface area contributed by atoms with Crippen LogP contribution in [0, 0.1) is 0 Å². The number of guanidine groups is 1. The zero-order valence-electron chi connectivity index (χ0n) is 17.9. The van der Waals surface area contributed by atoms with Crippen LogP contribution in [0.15, 0.2) is 58.4 Å². The summed E-state index contributed by atoms with van der Waals surface area (Å²) in [6.45, 7) is 4.43. The molecule has 7 nitrogen and oxygen atoms in total. The summed E-state index contributed by atoms with van der Waals surface area (Å²) in [5.41, 5.74) is 2.28. The lowest BCUT2D eigenvalue weighted by Crippen LogP contribution is -2.53. The second kappa shape index (κ2) is 11.6. The van der Waals surface area contributed by atoms with Crippen LogP contribution in [0.2, 0.25) is 0 Å². The van der Waals surface area contributed by atoms with Crippen molar-refractivity contribution in [1.82, 2.24) is 14.8 Å². The standard InChI is InChI=1S/C23H30N4O3.HI/c1-24-23(27-12-14-30-21(17-27)20-5-4-13-29-20)25-15-18-7-9-19(10-8-18)16-26-11-3-2-6-22(26)28;/h2-3,6-11,20-21H,4-5,12-17H2,1H3,(H,24,25);1H. The van der Waals surface area contributed by atoms with Crippen LogP contribution in [-0.4, -0.2) is 61.0 Å². The summed E-state index contributed by atoms with van der Waals surface area (Å²) in [6, 6.07) is 13.6. The molecule has 1 aromatic heterocycles. The number of halogens is 1. The summed E-state index contributed by atoms with van der Waals surface area (Å²) >= 11 is 0. The molecule has 0 spiro atoms. The Morgan fingerprint density at radius 1 is 1.10 bits per heavy atom. The van der Waals surface area contributed by atoms with Crippen molar-refractivity contribution in [3.63, 3.8) is 0 Å². The zero-order valence-corrected chi connectivity index (χ0v) is 20.2. The first kappa shape index (κ1) is 23.7. The van der Waals surface area contributed by atoms with Gasteiger partial charge in [0.05, 0.1) is 19.3 Å². The van der Waals surface area contributed by atoms with Crippen molar-refractivity contribution in [1.29, 1.82) is 0 Å². The van der Waals surface area contributed by atoms with Gasteiger partial charge in [0, 0.05) is 45.6 Å². The van der Waals surface area contributed by atoms with E-state index in [1.54, 1.807) is 16.7 Å². The van der Waals surface area contributed by atoms with Crippen LogP contribution in [0.4, 0.5) is 0 Å². The normalized spacial score (nSPS) is 21.6. The number of hydrogen-bond donors (Lipinski definition) is 1. The topological polar surface area (TPSA) is 68.1 Å². The SMILES string of the molecule is CN=C(NCc1ccc(Cn2ccccc2=O)cc1)N1CCOC(C2CCCO2)C1.I. The molecule has 0 bridgehead atoms. The van der Waals surface area contributed by atoms with E-state index in [9.17, 15) is 4.79 Å². The fourth-order valence-electron chi connectivity index (χ4n) is 4.05. The van der Waals surface area contributed by atoms with Gasteiger partial charge in [-0.2, -0.15) is 0 Å². The third kappa shape index (κ3) is 6.30. The van der Waals surface area contributed by atoms with Crippen molar-refractivity contribution in [2.75, 3.05) is 33.4 Å². The van der Waals surface area contributed by atoms with Gasteiger partial charge in [-0.15, -0.1) is 24.0 Å². The van der Waals surface area contributed by atoms with Gasteiger partial charge in [-0.25, -0.2) is 0 Å². The molecular weight excluding hydrogens is 507 g/mol. The molecule has 0 aliphatic carbocycles. The molecule has 31 heavy (non-hydrogen) atoms. The summed E-state index contributed by atoms with van der Waals surface area (Å²) in [5.74, 6) is 0.890. The molecule has 3 heterocycles. The van der Waals surface area contributed by atoms with Gasteiger partial charge in [-0.05, 0) is 30.0 Å². The first-order valence-corrected chi connectivity index (χ1v) is 10.6. The molecule has 2 fully saturated rings. The maximum absolute atomic E-state index is 11.9. The Kier molecular flexibility index (Phi) is 8.91. The molecule has 2 aromatic rings. The van der Waals surface area contributed by atoms with Crippen LogP contribution >= 0.6 is 24.0 Å². The largest absolute Gasteiger partial charge is 0.375 e. The van der Waals surface area contributed by atoms with E-state index in [2.05, 4.69) is 39.5 Å². The minimum absolute atomic E-state index is 0. The molecule has 1 N–H and O–H groups in total. The van der Waals surface area contributed by atoms with Crippen LogP contribution in [0.1, 0.15) is 24.0 Å². The number of aromatic nitrogens is 1. The second-order valence-electron chi connectivity index (χ2n) is 7.79. The van der Waals surface area contributed by atoms with Gasteiger partial charge in [0.15, 0.2) is 5.96 Å². The van der Waals surface area contributed by atoms with Gasteiger partial charge in [0.25, 0.3) is 5.56 Å². The molecule has 0 radical (unpaired) electrons. The highest BCUT2D eigenvalue weighted by Gasteiger charge is 2.32. The molecule has 168 valence electrons. The lowest BCUT2D eigenvalue weighted by Gasteiger charge is -2.37. The van der Waals surface area contributed by atoms with Gasteiger partial charge in [-0.3, -0.25) is 9.79 Å². The van der Waals surface area contributed by atoms with E-state index in [4.69, 9.17) is 9.47 Å². The number of ether oxygens (including phenoxy) is 2. The van der Waals surface area contributed by atoms with Crippen LogP contribution in [0.3, 0.4) is 0 Å². The smallest absolute Gasteiger partial charge is 0.250 e. The minimum atomic E-state index is 0. The van der Waals surface area contributed by atoms with E-state index in [1.807, 2.05) is 19.3 Å². The number of pyridine rings is 1. The number of hydrogen-bond acceptors (Lipinski definition) is 4. The van der Waals surface area contributed by atoms with E-state index >= 15 is 0 Å². The maximum atomic E-state index is 11.9. The predicted molar refractivity (Wildman–Crippen MR) is 132 cm³/mol. The molecule has 2 atom stereocenters. The quantitative estimate of drug-likeness (QED) is 0.360. The molecule has 8 heteroatoms. The first-order valence-electron chi connectivity index (χ1n) is 10.6. The van der Waals surface area contributed by atoms with Crippen LogP contribution in [0.25, 0.3) is 0 Å². The average Bonchev–Trinajstić information content (AvgIpc) is 3.32. The summed E-state index contributed by atoms with van der Waals surface area (Å²) in [5, 5.41) is 3.47. The van der Waals surface area contributed by atoms with Gasteiger partial charge < -0.3 is 24.3 Å². The van der Waals surface area contributed by atoms with Crippen LogP contribution in [0.5, 0.6) is 0 Å². The van der Waals surface area contributed by atoms with Crippen molar-refractivity contribution in [3.05, 3.63) is 70.1 Å². The fourth-order valence-corrected chi connectivity index (χ4v) is 4.05. The van der Waals surface area contributed by atoms with E-state index in [1.165, 1.54) is 5.56 Å². The van der Waals surface area contributed by atoms with E-state index < -0.39 is 0 Å². The summed E-state index contributed by atoms with van der Waals surface area (Å²) in [4.78, 5) is 18.6. The number of nitrogens with zero attached hydrogens (tertiary/aromatic N) is 3.